The molecule has 12 nitrogen and oxygen atoms in total. The number of hydrogen-bond donors (Lipinski definition) is 4. The number of esters is 2. The number of anilines is 2. The molecule has 56 heavy (non-hydrogen) atoms. The summed E-state index contributed by atoms with van der Waals surface area (Å²) in [6, 6.07) is 30.6. The van der Waals surface area contributed by atoms with Gasteiger partial charge in [0, 0.05) is 11.1 Å². The SMILES string of the molecule is O=C(Nc1ccccc1C(=O)O)C(=Cc1ccccc1)C(=O)Nc1c(C(=O)O)ccc(CC=C2OC(=O)c3ccccc32)c1CC=C1OC(=O)c2ccccc21. The fourth-order valence-corrected chi connectivity index (χ4v) is 6.41. The maximum atomic E-state index is 14.3. The highest BCUT2D eigenvalue weighted by Crippen LogP contribution is 2.34. The molecule has 0 aromatic heterocycles. The van der Waals surface area contributed by atoms with Crippen molar-refractivity contribution in [3.05, 3.63) is 183 Å². The molecule has 0 atom stereocenters. The van der Waals surface area contributed by atoms with Gasteiger partial charge in [0.25, 0.3) is 11.8 Å². The zero-order valence-electron chi connectivity index (χ0n) is 29.3. The number of ether oxygens (including phenoxy) is 2. The molecular weight excluding hydrogens is 716 g/mol. The monoisotopic (exact) mass is 746 g/mol. The van der Waals surface area contributed by atoms with E-state index in [0.29, 0.717) is 44.7 Å². The van der Waals surface area contributed by atoms with Gasteiger partial charge in [0.15, 0.2) is 0 Å². The molecule has 2 aliphatic heterocycles. The molecule has 5 aromatic rings. The Bertz CT molecular complexity index is 2570. The van der Waals surface area contributed by atoms with Crippen molar-refractivity contribution in [3.63, 3.8) is 0 Å². The smallest absolute Gasteiger partial charge is 0.344 e. The lowest BCUT2D eigenvalue weighted by Gasteiger charge is -2.18. The molecule has 0 radical (unpaired) electrons. The number of allylic oxidation sites excluding steroid dienone is 2. The van der Waals surface area contributed by atoms with Crippen LogP contribution < -0.4 is 10.6 Å². The first-order chi connectivity index (χ1) is 27.1. The standard InChI is InChI=1S/C44H30N2O10/c47-39(45-35-17-9-8-16-32(35)41(49)50)34(24-25-10-2-1-3-11-25)40(48)46-38-27(21-23-37-29-13-5-7-15-31(29)44(54)56-37)26(18-20-33(38)42(51)52)19-22-36-28-12-4-6-14-30(28)43(53)55-36/h1-18,20,22-24H,19,21H2,(H,45,47)(H,46,48)(H,49,50)(H,51,52). The maximum Gasteiger partial charge on any atom is 0.344 e. The number of amides is 2. The quantitative estimate of drug-likeness (QED) is 0.0464. The maximum absolute atomic E-state index is 14.3. The second kappa shape index (κ2) is 15.6. The third kappa shape index (κ3) is 7.48. The Labute approximate surface area is 319 Å². The Kier molecular flexibility index (Phi) is 10.2. The predicted molar refractivity (Wildman–Crippen MR) is 206 cm³/mol. The second-order valence-corrected chi connectivity index (χ2v) is 12.6. The zero-order valence-corrected chi connectivity index (χ0v) is 29.3. The number of fused-ring (bicyclic) bond motifs is 2. The number of rotatable bonds is 11. The summed E-state index contributed by atoms with van der Waals surface area (Å²) < 4.78 is 11.1. The molecule has 7 rings (SSSR count). The van der Waals surface area contributed by atoms with Gasteiger partial charge in [-0.1, -0.05) is 84.9 Å². The minimum Gasteiger partial charge on any atom is -0.478 e. The summed E-state index contributed by atoms with van der Waals surface area (Å²) in [6.45, 7) is 0. The Hall–Kier alpha value is -7.86. The highest BCUT2D eigenvalue weighted by molar-refractivity contribution is 6.29. The van der Waals surface area contributed by atoms with E-state index in [9.17, 15) is 39.0 Å². The van der Waals surface area contributed by atoms with Crippen molar-refractivity contribution in [2.45, 2.75) is 12.8 Å². The molecular formula is C44H30N2O10. The van der Waals surface area contributed by atoms with Crippen LogP contribution in [-0.2, 0) is 31.9 Å². The van der Waals surface area contributed by atoms with Gasteiger partial charge < -0.3 is 30.3 Å². The van der Waals surface area contributed by atoms with E-state index in [-0.39, 0.29) is 41.1 Å². The first-order valence-electron chi connectivity index (χ1n) is 17.2. The summed E-state index contributed by atoms with van der Waals surface area (Å²) in [4.78, 5) is 78.0. The van der Waals surface area contributed by atoms with Gasteiger partial charge in [-0.2, -0.15) is 0 Å². The molecule has 0 unspecified atom stereocenters. The molecule has 0 fully saturated rings. The third-order valence-electron chi connectivity index (χ3n) is 9.11. The van der Waals surface area contributed by atoms with E-state index in [4.69, 9.17) is 9.47 Å². The van der Waals surface area contributed by atoms with Gasteiger partial charge in [-0.3, -0.25) is 9.59 Å². The minimum atomic E-state index is -1.39. The van der Waals surface area contributed by atoms with Crippen LogP contribution in [0.25, 0.3) is 17.6 Å². The van der Waals surface area contributed by atoms with Crippen LogP contribution in [0.4, 0.5) is 11.4 Å². The van der Waals surface area contributed by atoms with Gasteiger partial charge in [0.05, 0.1) is 33.6 Å². The Balaban J connectivity index is 1.32. The van der Waals surface area contributed by atoms with Crippen LogP contribution in [0.3, 0.4) is 0 Å². The number of carbonyl (C=O) groups excluding carboxylic acids is 4. The van der Waals surface area contributed by atoms with Gasteiger partial charge in [0.2, 0.25) is 0 Å². The van der Waals surface area contributed by atoms with Crippen molar-refractivity contribution >= 4 is 64.7 Å². The van der Waals surface area contributed by atoms with E-state index in [2.05, 4.69) is 10.6 Å². The summed E-state index contributed by atoms with van der Waals surface area (Å²) >= 11 is 0. The molecule has 12 heteroatoms. The zero-order chi connectivity index (χ0) is 39.3. The molecule has 0 spiro atoms. The summed E-state index contributed by atoms with van der Waals surface area (Å²) in [7, 11) is 0. The van der Waals surface area contributed by atoms with E-state index in [1.165, 1.54) is 36.4 Å². The van der Waals surface area contributed by atoms with Crippen molar-refractivity contribution in [2.24, 2.45) is 0 Å². The lowest BCUT2D eigenvalue weighted by molar-refractivity contribution is -0.118. The largest absolute Gasteiger partial charge is 0.478 e. The van der Waals surface area contributed by atoms with E-state index in [0.717, 1.165) is 0 Å². The lowest BCUT2D eigenvalue weighted by atomic mass is 9.94. The van der Waals surface area contributed by atoms with Crippen molar-refractivity contribution in [2.75, 3.05) is 10.6 Å². The molecule has 2 heterocycles. The van der Waals surface area contributed by atoms with Crippen LogP contribution in [0.1, 0.15) is 69.2 Å². The van der Waals surface area contributed by atoms with Crippen LogP contribution in [0.5, 0.6) is 0 Å². The number of carboxylic acid groups (broad SMARTS) is 2. The molecule has 0 bridgehead atoms. The topological polar surface area (TPSA) is 185 Å². The number of nitrogens with one attached hydrogen (secondary N) is 2. The lowest BCUT2D eigenvalue weighted by Crippen LogP contribution is -2.27. The third-order valence-corrected chi connectivity index (χ3v) is 9.11. The summed E-state index contributed by atoms with van der Waals surface area (Å²) in [5.74, 6) is -5.20. The van der Waals surface area contributed by atoms with Crippen LogP contribution >= 0.6 is 0 Å². The first kappa shape index (κ1) is 36.5. The summed E-state index contributed by atoms with van der Waals surface area (Å²) in [6.07, 6.45) is 4.61. The van der Waals surface area contributed by atoms with Crippen LogP contribution in [0.15, 0.2) is 133 Å². The number of hydrogen-bond acceptors (Lipinski definition) is 8. The average molecular weight is 747 g/mol. The molecule has 276 valence electrons. The summed E-state index contributed by atoms with van der Waals surface area (Å²) in [5, 5.41) is 25.3. The van der Waals surface area contributed by atoms with Crippen molar-refractivity contribution < 1.29 is 48.5 Å². The van der Waals surface area contributed by atoms with E-state index in [1.807, 2.05) is 0 Å². The van der Waals surface area contributed by atoms with Gasteiger partial charge >= 0.3 is 23.9 Å². The second-order valence-electron chi connectivity index (χ2n) is 12.6. The average Bonchev–Trinajstić information content (AvgIpc) is 3.70. The van der Waals surface area contributed by atoms with Gasteiger partial charge in [0.1, 0.15) is 17.1 Å². The molecule has 0 saturated carbocycles. The molecule has 4 N–H and O–H groups in total. The van der Waals surface area contributed by atoms with Crippen LogP contribution in [0.2, 0.25) is 0 Å². The van der Waals surface area contributed by atoms with Gasteiger partial charge in [-0.15, -0.1) is 0 Å². The Morgan fingerprint density at radius 3 is 1.68 bits per heavy atom. The molecule has 5 aromatic carbocycles. The normalized spacial score (nSPS) is 14.5. The van der Waals surface area contributed by atoms with E-state index >= 15 is 0 Å². The van der Waals surface area contributed by atoms with Gasteiger partial charge in [-0.25, -0.2) is 19.2 Å². The first-order valence-corrected chi connectivity index (χ1v) is 17.2. The summed E-state index contributed by atoms with van der Waals surface area (Å²) in [5.41, 5.74) is 1.94. The molecule has 0 saturated heterocycles. The highest BCUT2D eigenvalue weighted by atomic mass is 16.5. The number of benzene rings is 5. The van der Waals surface area contributed by atoms with Crippen molar-refractivity contribution in [1.82, 2.24) is 0 Å². The van der Waals surface area contributed by atoms with Crippen LogP contribution in [-0.4, -0.2) is 45.9 Å². The fourth-order valence-electron chi connectivity index (χ4n) is 6.41. The van der Waals surface area contributed by atoms with Crippen molar-refractivity contribution in [3.8, 4) is 0 Å². The Morgan fingerprint density at radius 1 is 0.554 bits per heavy atom. The van der Waals surface area contributed by atoms with Crippen LogP contribution in [0, 0.1) is 0 Å². The Morgan fingerprint density at radius 2 is 1.07 bits per heavy atom. The number of cyclic esters (lactones) is 2. The van der Waals surface area contributed by atoms with Crippen molar-refractivity contribution in [1.29, 1.82) is 0 Å². The molecule has 0 aliphatic carbocycles. The molecule has 2 amide bonds. The number of carbonyl (C=O) groups is 6. The number of carboxylic acids is 2. The highest BCUT2D eigenvalue weighted by Gasteiger charge is 2.29. The fraction of sp³-hybridized carbons (Fsp3) is 0.0455. The number of aromatic carboxylic acids is 2. The number of para-hydroxylation sites is 1. The predicted octanol–water partition coefficient (Wildman–Crippen LogP) is 7.25. The minimum absolute atomic E-state index is 0.0571. The van der Waals surface area contributed by atoms with Gasteiger partial charge in [-0.05, 0) is 78.1 Å². The van der Waals surface area contributed by atoms with E-state index < -0.39 is 41.3 Å². The van der Waals surface area contributed by atoms with E-state index in [1.54, 1.807) is 97.1 Å². The molecule has 2 aliphatic rings.